The molecule has 3 aliphatic rings. The van der Waals surface area contributed by atoms with Crippen molar-refractivity contribution in [2.24, 2.45) is 9.98 Å². The van der Waals surface area contributed by atoms with Gasteiger partial charge in [-0.15, -0.1) is 0 Å². The number of hydrogen-bond acceptors (Lipinski definition) is 9. The summed E-state index contributed by atoms with van der Waals surface area (Å²) >= 11 is 1.24. The Morgan fingerprint density at radius 2 is 1.91 bits per heavy atom. The van der Waals surface area contributed by atoms with Crippen LogP contribution in [0.1, 0.15) is 30.9 Å². The highest BCUT2D eigenvalue weighted by Crippen LogP contribution is 2.37. The molecule has 3 aromatic rings. The lowest BCUT2D eigenvalue weighted by Crippen LogP contribution is -2.46. The summed E-state index contributed by atoms with van der Waals surface area (Å²) in [5.41, 5.74) is 2.78. The summed E-state index contributed by atoms with van der Waals surface area (Å²) in [6.45, 7) is 2.33. The quantitative estimate of drug-likeness (QED) is 0.374. The van der Waals surface area contributed by atoms with Crippen LogP contribution in [0.3, 0.4) is 0 Å². The van der Waals surface area contributed by atoms with E-state index < -0.39 is 17.2 Å². The summed E-state index contributed by atoms with van der Waals surface area (Å²) in [5.74, 6) is 1.36. The van der Waals surface area contributed by atoms with Crippen LogP contribution in [0, 0.1) is 0 Å². The maximum absolute atomic E-state index is 13.3. The number of fused-ring (bicyclic) bond motifs is 4. The number of nitrogens with zero attached hydrogens (tertiary/aromatic N) is 3. The van der Waals surface area contributed by atoms with Crippen LogP contribution >= 0.6 is 11.8 Å². The molecular weight excluding hydrogens is 570 g/mol. The number of rotatable bonds is 9. The molecule has 3 aliphatic heterocycles. The molecule has 3 amide bonds. The van der Waals surface area contributed by atoms with Crippen molar-refractivity contribution in [2.45, 2.75) is 37.6 Å². The fraction of sp³-hybridized carbons (Fsp3) is 0.258. The number of carbonyl (C=O) groups excluding carboxylic acids is 3. The monoisotopic (exact) mass is 599 g/mol. The second-order valence-electron chi connectivity index (χ2n) is 9.98. The third-order valence-electron chi connectivity index (χ3n) is 7.16. The molecule has 2 N–H and O–H groups in total. The van der Waals surface area contributed by atoms with Crippen molar-refractivity contribution in [1.29, 1.82) is 0 Å². The van der Waals surface area contributed by atoms with Gasteiger partial charge in [0, 0.05) is 23.9 Å². The average molecular weight is 600 g/mol. The zero-order valence-electron chi connectivity index (χ0n) is 23.5. The molecule has 11 nitrogen and oxygen atoms in total. The average Bonchev–Trinajstić information content (AvgIpc) is 3.62. The molecule has 0 saturated heterocycles. The lowest BCUT2D eigenvalue weighted by Gasteiger charge is -2.32. The van der Waals surface area contributed by atoms with Gasteiger partial charge in [-0.3, -0.25) is 19.3 Å². The van der Waals surface area contributed by atoms with E-state index in [9.17, 15) is 14.4 Å². The first-order valence-corrected chi connectivity index (χ1v) is 14.7. The molecule has 2 atom stereocenters. The molecule has 0 fully saturated rings. The molecule has 3 heterocycles. The fourth-order valence-corrected chi connectivity index (χ4v) is 6.02. The maximum Gasteiger partial charge on any atom is 0.271 e. The standard InChI is InChI=1S/C31H29N5O6S/c1-3-26(30(39)33-19-7-6-8-20(14-19)40-2)43-31-34-22-10-5-4-9-21(22)28-35-29(38)23(36(28)31)15-27(37)32-16-18-11-12-24-25(13-18)42-17-41-24/h4-14,23,26H,3,15-17H2,1-2H3,(H,32,37)(H,33,39). The predicted molar refractivity (Wildman–Crippen MR) is 163 cm³/mol. The maximum atomic E-state index is 13.3. The zero-order valence-corrected chi connectivity index (χ0v) is 24.3. The number of carbonyl (C=O) groups is 3. The Hall–Kier alpha value is -4.84. The molecule has 43 heavy (non-hydrogen) atoms. The topological polar surface area (TPSA) is 131 Å². The van der Waals surface area contributed by atoms with E-state index in [1.54, 1.807) is 42.3 Å². The Kier molecular flexibility index (Phi) is 8.01. The van der Waals surface area contributed by atoms with Crippen LogP contribution in [0.4, 0.5) is 11.4 Å². The van der Waals surface area contributed by atoms with Gasteiger partial charge in [-0.05, 0) is 48.4 Å². The second kappa shape index (κ2) is 12.2. The third-order valence-corrected chi connectivity index (χ3v) is 8.49. The highest BCUT2D eigenvalue weighted by molar-refractivity contribution is 8.15. The van der Waals surface area contributed by atoms with Crippen molar-refractivity contribution in [3.63, 3.8) is 0 Å². The van der Waals surface area contributed by atoms with Gasteiger partial charge in [0.15, 0.2) is 16.7 Å². The molecular formula is C31H29N5O6S. The highest BCUT2D eigenvalue weighted by Gasteiger charge is 2.43. The van der Waals surface area contributed by atoms with Gasteiger partial charge in [0.1, 0.15) is 17.6 Å². The van der Waals surface area contributed by atoms with E-state index in [2.05, 4.69) is 15.6 Å². The van der Waals surface area contributed by atoms with Crippen molar-refractivity contribution in [3.05, 3.63) is 77.9 Å². The Morgan fingerprint density at radius 1 is 1.07 bits per heavy atom. The third kappa shape index (κ3) is 5.91. The molecule has 0 radical (unpaired) electrons. The lowest BCUT2D eigenvalue weighted by atomic mass is 10.1. The number of ether oxygens (including phenoxy) is 3. The van der Waals surface area contributed by atoms with E-state index in [1.807, 2.05) is 43.3 Å². The number of methoxy groups -OCH3 is 1. The zero-order chi connectivity index (χ0) is 29.9. The Labute approximate surface area is 252 Å². The minimum absolute atomic E-state index is 0.134. The van der Waals surface area contributed by atoms with Crippen LogP contribution < -0.4 is 24.8 Å². The lowest BCUT2D eigenvalue weighted by molar-refractivity contribution is -0.126. The number of nitrogens with one attached hydrogen (secondary N) is 2. The summed E-state index contributed by atoms with van der Waals surface area (Å²) in [5, 5.41) is 5.73. The van der Waals surface area contributed by atoms with Gasteiger partial charge in [0.25, 0.3) is 5.91 Å². The summed E-state index contributed by atoms with van der Waals surface area (Å²) < 4.78 is 16.0. The molecule has 0 bridgehead atoms. The Morgan fingerprint density at radius 3 is 2.74 bits per heavy atom. The number of amides is 3. The van der Waals surface area contributed by atoms with Gasteiger partial charge in [-0.1, -0.05) is 43.0 Å². The van der Waals surface area contributed by atoms with Crippen molar-refractivity contribution in [2.75, 3.05) is 19.2 Å². The van der Waals surface area contributed by atoms with E-state index >= 15 is 0 Å². The molecule has 0 aromatic heterocycles. The van der Waals surface area contributed by atoms with Gasteiger partial charge in [0.05, 0.1) is 24.5 Å². The van der Waals surface area contributed by atoms with Crippen molar-refractivity contribution < 1.29 is 28.6 Å². The first-order valence-electron chi connectivity index (χ1n) is 13.8. The molecule has 220 valence electrons. The SMILES string of the molecule is CCC(SC1=Nc2ccccc2C2=NC(=O)C(CC(=O)NCc3ccc4c(c3)OCO4)N12)C(=O)Nc1cccc(OC)c1. The molecule has 0 saturated carbocycles. The van der Waals surface area contributed by atoms with Crippen molar-refractivity contribution in [1.82, 2.24) is 10.2 Å². The number of amidine groups is 2. The van der Waals surface area contributed by atoms with Crippen molar-refractivity contribution in [3.8, 4) is 17.2 Å². The van der Waals surface area contributed by atoms with Crippen LogP contribution in [-0.2, 0) is 20.9 Å². The fourth-order valence-electron chi connectivity index (χ4n) is 4.96. The number of para-hydroxylation sites is 1. The van der Waals surface area contributed by atoms with Gasteiger partial charge < -0.3 is 24.8 Å². The smallest absolute Gasteiger partial charge is 0.271 e. The molecule has 0 aliphatic carbocycles. The van der Waals surface area contributed by atoms with E-state index in [4.69, 9.17) is 19.2 Å². The number of benzene rings is 3. The number of thioether (sulfide) groups is 1. The molecule has 0 spiro atoms. The van der Waals surface area contributed by atoms with Crippen LogP contribution in [-0.4, -0.2) is 58.8 Å². The van der Waals surface area contributed by atoms with Crippen LogP contribution in [0.5, 0.6) is 17.2 Å². The normalized spacial score (nSPS) is 16.9. The first kappa shape index (κ1) is 28.3. The van der Waals surface area contributed by atoms with Gasteiger partial charge in [-0.2, -0.15) is 4.99 Å². The van der Waals surface area contributed by atoms with Crippen molar-refractivity contribution >= 4 is 51.9 Å². The predicted octanol–water partition coefficient (Wildman–Crippen LogP) is 4.24. The summed E-state index contributed by atoms with van der Waals surface area (Å²) in [6.07, 6.45) is 0.362. The molecule has 6 rings (SSSR count). The largest absolute Gasteiger partial charge is 0.497 e. The second-order valence-corrected chi connectivity index (χ2v) is 11.1. The van der Waals surface area contributed by atoms with E-state index in [0.29, 0.717) is 51.6 Å². The van der Waals surface area contributed by atoms with Crippen LogP contribution in [0.15, 0.2) is 76.7 Å². The highest BCUT2D eigenvalue weighted by atomic mass is 32.2. The molecule has 2 unspecified atom stereocenters. The summed E-state index contributed by atoms with van der Waals surface area (Å²) in [7, 11) is 1.56. The van der Waals surface area contributed by atoms with E-state index in [1.165, 1.54) is 11.8 Å². The molecule has 3 aromatic carbocycles. The van der Waals surface area contributed by atoms with E-state index in [0.717, 1.165) is 5.56 Å². The van der Waals surface area contributed by atoms with Crippen LogP contribution in [0.25, 0.3) is 0 Å². The number of aliphatic imine (C=N–C) groups is 2. The van der Waals surface area contributed by atoms with E-state index in [-0.39, 0.29) is 31.6 Å². The Bertz CT molecular complexity index is 1660. The first-order chi connectivity index (χ1) is 20.9. The van der Waals surface area contributed by atoms with Gasteiger partial charge in [0.2, 0.25) is 18.6 Å². The minimum Gasteiger partial charge on any atom is -0.497 e. The van der Waals surface area contributed by atoms with Gasteiger partial charge in [-0.25, -0.2) is 4.99 Å². The molecule has 12 heteroatoms. The Balaban J connectivity index is 1.20. The van der Waals surface area contributed by atoms with Crippen LogP contribution in [0.2, 0.25) is 0 Å². The summed E-state index contributed by atoms with van der Waals surface area (Å²) in [4.78, 5) is 50.5. The van der Waals surface area contributed by atoms with Gasteiger partial charge >= 0.3 is 0 Å². The number of hydrogen-bond donors (Lipinski definition) is 2. The minimum atomic E-state index is -0.898. The summed E-state index contributed by atoms with van der Waals surface area (Å²) in [6, 6.07) is 19.1. The number of anilines is 1.